The van der Waals surface area contributed by atoms with Gasteiger partial charge in [-0.25, -0.2) is 22.2 Å². The van der Waals surface area contributed by atoms with Crippen LogP contribution in [-0.4, -0.2) is 24.1 Å². The van der Waals surface area contributed by atoms with Gasteiger partial charge in [-0.05, 0) is 30.7 Å². The number of nitrogens with one attached hydrogen (secondary N) is 2. The predicted molar refractivity (Wildman–Crippen MR) is 94.5 cm³/mol. The van der Waals surface area contributed by atoms with Gasteiger partial charge >= 0.3 is 0 Å². The van der Waals surface area contributed by atoms with E-state index in [1.807, 2.05) is 0 Å². The monoisotopic (exact) mass is 381 g/mol. The van der Waals surface area contributed by atoms with E-state index in [9.17, 15) is 17.2 Å². The average molecular weight is 381 g/mol. The normalized spacial score (nSPS) is 11.7. The first-order valence-electron chi connectivity index (χ1n) is 7.93. The topological polar surface area (TPSA) is 84.1 Å². The summed E-state index contributed by atoms with van der Waals surface area (Å²) in [6, 6.07) is 5.52. The third-order valence-electron chi connectivity index (χ3n) is 3.68. The average Bonchev–Trinajstić information content (AvgIpc) is 3.05. The van der Waals surface area contributed by atoms with Crippen LogP contribution in [0.5, 0.6) is 5.75 Å². The Bertz CT molecular complexity index is 1030. The zero-order chi connectivity index (χ0) is 18.7. The highest BCUT2D eigenvalue weighted by Crippen LogP contribution is 2.25. The lowest BCUT2D eigenvalue weighted by molar-refractivity contribution is 0.292. The third kappa shape index (κ3) is 3.93. The molecule has 0 unspecified atom stereocenters. The zero-order valence-corrected chi connectivity index (χ0v) is 14.7. The molecular weight excluding hydrogens is 364 g/mol. The van der Waals surface area contributed by atoms with Crippen LogP contribution in [0.2, 0.25) is 0 Å². The van der Waals surface area contributed by atoms with Gasteiger partial charge in [0.25, 0.3) is 0 Å². The van der Waals surface area contributed by atoms with Crippen molar-refractivity contribution in [2.24, 2.45) is 0 Å². The highest BCUT2D eigenvalue weighted by Gasteiger charge is 2.18. The second-order valence-corrected chi connectivity index (χ2v) is 7.53. The quantitative estimate of drug-likeness (QED) is 0.655. The molecular formula is C17H17F2N3O3S. The maximum Gasteiger partial charge on any atom is 0.232 e. The molecule has 2 heterocycles. The molecule has 0 bridgehead atoms. The molecule has 0 aliphatic carbocycles. The van der Waals surface area contributed by atoms with Gasteiger partial charge in [-0.3, -0.25) is 4.72 Å². The van der Waals surface area contributed by atoms with Gasteiger partial charge in [0.05, 0.1) is 23.2 Å². The number of anilines is 1. The zero-order valence-electron chi connectivity index (χ0n) is 13.9. The lowest BCUT2D eigenvalue weighted by atomic mass is 10.2. The first-order chi connectivity index (χ1) is 12.4. The first kappa shape index (κ1) is 18.1. The number of rotatable bonds is 7. The molecule has 9 heteroatoms. The number of benzene rings is 1. The third-order valence-corrected chi connectivity index (χ3v) is 5.16. The standard InChI is InChI=1S/C17H17F2N3O3S/c1-2-7-26(23,24)22-15-4-3-14(18)13(16(15)19)10-25-12-8-11-5-6-20-17(11)21-9-12/h3-6,8-9,22H,2,7,10H2,1H3,(H,20,21). The summed E-state index contributed by atoms with van der Waals surface area (Å²) in [6.45, 7) is 1.29. The minimum atomic E-state index is -3.69. The predicted octanol–water partition coefficient (Wildman–Crippen LogP) is 3.57. The van der Waals surface area contributed by atoms with Crippen LogP contribution >= 0.6 is 0 Å². The molecule has 1 aromatic carbocycles. The Morgan fingerprint density at radius 1 is 1.27 bits per heavy atom. The summed E-state index contributed by atoms with van der Waals surface area (Å²) in [5, 5.41) is 0.796. The first-order valence-corrected chi connectivity index (χ1v) is 9.58. The number of hydrogen-bond donors (Lipinski definition) is 2. The van der Waals surface area contributed by atoms with Crippen molar-refractivity contribution in [1.82, 2.24) is 9.97 Å². The van der Waals surface area contributed by atoms with E-state index in [0.717, 1.165) is 17.5 Å². The molecule has 138 valence electrons. The van der Waals surface area contributed by atoms with Crippen LogP contribution in [-0.2, 0) is 16.6 Å². The van der Waals surface area contributed by atoms with Crippen molar-refractivity contribution >= 4 is 26.7 Å². The molecule has 0 amide bonds. The van der Waals surface area contributed by atoms with Crippen molar-refractivity contribution < 1.29 is 21.9 Å². The highest BCUT2D eigenvalue weighted by molar-refractivity contribution is 7.92. The van der Waals surface area contributed by atoms with Crippen LogP contribution < -0.4 is 9.46 Å². The van der Waals surface area contributed by atoms with E-state index < -0.39 is 28.3 Å². The van der Waals surface area contributed by atoms with Gasteiger partial charge < -0.3 is 9.72 Å². The summed E-state index contributed by atoms with van der Waals surface area (Å²) in [6.07, 6.45) is 3.53. The van der Waals surface area contributed by atoms with Crippen LogP contribution in [0.15, 0.2) is 36.7 Å². The van der Waals surface area contributed by atoms with E-state index in [1.165, 1.54) is 6.20 Å². The second kappa shape index (κ2) is 7.28. The van der Waals surface area contributed by atoms with Crippen molar-refractivity contribution in [2.75, 3.05) is 10.5 Å². The lowest BCUT2D eigenvalue weighted by Gasteiger charge is -2.13. The molecule has 6 nitrogen and oxygen atoms in total. The van der Waals surface area contributed by atoms with Gasteiger partial charge in [0.15, 0.2) is 5.82 Å². The number of sulfonamides is 1. The van der Waals surface area contributed by atoms with Gasteiger partial charge in [0.2, 0.25) is 10.0 Å². The fourth-order valence-electron chi connectivity index (χ4n) is 2.45. The maximum atomic E-state index is 14.5. The number of hydrogen-bond acceptors (Lipinski definition) is 4. The molecule has 0 aliphatic heterocycles. The second-order valence-electron chi connectivity index (χ2n) is 5.68. The number of aromatic amines is 1. The Kier molecular flexibility index (Phi) is 5.08. The molecule has 3 rings (SSSR count). The number of nitrogens with zero attached hydrogens (tertiary/aromatic N) is 1. The van der Waals surface area contributed by atoms with Crippen LogP contribution in [0.4, 0.5) is 14.5 Å². The lowest BCUT2D eigenvalue weighted by Crippen LogP contribution is -2.18. The van der Waals surface area contributed by atoms with Crippen molar-refractivity contribution in [1.29, 1.82) is 0 Å². The van der Waals surface area contributed by atoms with Gasteiger partial charge in [-0.15, -0.1) is 0 Å². The molecule has 2 N–H and O–H groups in total. The number of pyridine rings is 1. The summed E-state index contributed by atoms with van der Waals surface area (Å²) in [7, 11) is -3.69. The number of fused-ring (bicyclic) bond motifs is 1. The van der Waals surface area contributed by atoms with Crippen molar-refractivity contribution in [3.05, 3.63) is 53.9 Å². The van der Waals surface area contributed by atoms with Crippen LogP contribution in [0, 0.1) is 11.6 Å². The van der Waals surface area contributed by atoms with Crippen molar-refractivity contribution in [3.8, 4) is 5.75 Å². The van der Waals surface area contributed by atoms with E-state index >= 15 is 0 Å². The maximum absolute atomic E-state index is 14.5. The van der Waals surface area contributed by atoms with Gasteiger partial charge in [0, 0.05) is 11.6 Å². The Balaban J connectivity index is 1.81. The molecule has 0 saturated heterocycles. The Labute approximate surface area is 149 Å². The summed E-state index contributed by atoms with van der Waals surface area (Å²) >= 11 is 0. The van der Waals surface area contributed by atoms with Gasteiger partial charge in [0.1, 0.15) is 23.8 Å². The number of ether oxygens (including phenoxy) is 1. The molecule has 3 aromatic rings. The van der Waals surface area contributed by atoms with E-state index in [-0.39, 0.29) is 17.0 Å². The fourth-order valence-corrected chi connectivity index (χ4v) is 3.58. The SMILES string of the molecule is CCCS(=O)(=O)Nc1ccc(F)c(COc2cnc3[nH]ccc3c2)c1F. The Morgan fingerprint density at radius 3 is 2.85 bits per heavy atom. The van der Waals surface area contributed by atoms with Crippen molar-refractivity contribution in [3.63, 3.8) is 0 Å². The van der Waals surface area contributed by atoms with E-state index in [4.69, 9.17) is 4.74 Å². The minimum Gasteiger partial charge on any atom is -0.487 e. The summed E-state index contributed by atoms with van der Waals surface area (Å²) in [5.41, 5.74) is -0.00411. The number of H-pyrrole nitrogens is 1. The molecule has 0 aliphatic rings. The molecule has 0 saturated carbocycles. The Morgan fingerprint density at radius 2 is 2.08 bits per heavy atom. The number of halogens is 2. The highest BCUT2D eigenvalue weighted by atomic mass is 32.2. The Hall–Kier alpha value is -2.68. The van der Waals surface area contributed by atoms with E-state index in [2.05, 4.69) is 14.7 Å². The summed E-state index contributed by atoms with van der Waals surface area (Å²) < 4.78 is 59.7. The molecule has 26 heavy (non-hydrogen) atoms. The molecule has 0 spiro atoms. The molecule has 2 aromatic heterocycles. The van der Waals surface area contributed by atoms with Crippen LogP contribution in [0.25, 0.3) is 11.0 Å². The largest absolute Gasteiger partial charge is 0.487 e. The van der Waals surface area contributed by atoms with Crippen LogP contribution in [0.1, 0.15) is 18.9 Å². The number of aromatic nitrogens is 2. The van der Waals surface area contributed by atoms with Crippen molar-refractivity contribution in [2.45, 2.75) is 20.0 Å². The minimum absolute atomic E-state index is 0.155. The molecule has 0 radical (unpaired) electrons. The smallest absolute Gasteiger partial charge is 0.232 e. The molecule has 0 atom stereocenters. The molecule has 0 fully saturated rings. The van der Waals surface area contributed by atoms with Gasteiger partial charge in [-0.1, -0.05) is 6.92 Å². The fraction of sp³-hybridized carbons (Fsp3) is 0.235. The van der Waals surface area contributed by atoms with Gasteiger partial charge in [-0.2, -0.15) is 0 Å². The van der Waals surface area contributed by atoms with E-state index in [0.29, 0.717) is 17.8 Å². The van der Waals surface area contributed by atoms with Crippen LogP contribution in [0.3, 0.4) is 0 Å². The van der Waals surface area contributed by atoms with E-state index in [1.54, 1.807) is 25.3 Å². The summed E-state index contributed by atoms with van der Waals surface area (Å²) in [5.74, 6) is -1.64. The summed E-state index contributed by atoms with van der Waals surface area (Å²) in [4.78, 5) is 7.05.